The molecule has 0 radical (unpaired) electrons. The molecular formula is C81H86O. The summed E-state index contributed by atoms with van der Waals surface area (Å²) in [6, 6.07) is 60.2. The molecule has 0 aliphatic heterocycles. The van der Waals surface area contributed by atoms with E-state index in [4.69, 9.17) is 4.74 Å². The summed E-state index contributed by atoms with van der Waals surface area (Å²) in [4.78, 5) is 0. The predicted octanol–water partition coefficient (Wildman–Crippen LogP) is 22.6. The normalized spacial score (nSPS) is 12.1. The van der Waals surface area contributed by atoms with Crippen LogP contribution in [-0.2, 0) is 38.5 Å². The minimum Gasteiger partial charge on any atom is -0.497 e. The summed E-state index contributed by atoms with van der Waals surface area (Å²) in [5, 5.41) is 0. The Morgan fingerprint density at radius 3 is 0.610 bits per heavy atom. The van der Waals surface area contributed by atoms with Gasteiger partial charge in [-0.05, 0) is 162 Å². The first kappa shape index (κ1) is 59.9. The molecule has 0 saturated heterocycles. The second-order valence-corrected chi connectivity index (χ2v) is 21.8. The van der Waals surface area contributed by atoms with Crippen LogP contribution >= 0.6 is 0 Å². The molecule has 0 bridgehead atoms. The van der Waals surface area contributed by atoms with E-state index in [1.54, 1.807) is 7.11 Å². The molecule has 82 heavy (non-hydrogen) atoms. The fourth-order valence-corrected chi connectivity index (χ4v) is 10.8. The van der Waals surface area contributed by atoms with E-state index in [1.165, 1.54) is 106 Å². The molecule has 0 aliphatic carbocycles. The van der Waals surface area contributed by atoms with Crippen LogP contribution in [0.2, 0.25) is 0 Å². The third kappa shape index (κ3) is 17.6. The molecular weight excluding hydrogens is 989 g/mol. The maximum absolute atomic E-state index is 5.30. The van der Waals surface area contributed by atoms with Crippen LogP contribution in [0.3, 0.4) is 0 Å². The van der Waals surface area contributed by atoms with Gasteiger partial charge in [0.1, 0.15) is 5.75 Å². The molecule has 0 saturated carbocycles. The molecule has 0 heterocycles. The monoisotopic (exact) mass is 1070 g/mol. The number of hydrogen-bond acceptors (Lipinski definition) is 1. The maximum atomic E-state index is 5.30. The van der Waals surface area contributed by atoms with Gasteiger partial charge >= 0.3 is 0 Å². The lowest BCUT2D eigenvalue weighted by Gasteiger charge is -2.13. The topological polar surface area (TPSA) is 9.23 Å². The van der Waals surface area contributed by atoms with Crippen LogP contribution in [0.4, 0.5) is 0 Å². The maximum Gasteiger partial charge on any atom is 0.118 e. The Labute approximate surface area is 493 Å². The number of benzene rings is 8. The minimum atomic E-state index is 0.870. The van der Waals surface area contributed by atoms with Gasteiger partial charge in [0.05, 0.1) is 7.11 Å². The molecule has 1 heteroatoms. The third-order valence-electron chi connectivity index (χ3n) is 15.2. The van der Waals surface area contributed by atoms with E-state index in [2.05, 4.69) is 278 Å². The summed E-state index contributed by atoms with van der Waals surface area (Å²) < 4.78 is 5.30. The van der Waals surface area contributed by atoms with Crippen molar-refractivity contribution in [2.75, 3.05) is 7.11 Å². The molecule has 8 aromatic rings. The first-order valence-electron chi connectivity index (χ1n) is 30.5. The molecule has 0 fully saturated rings. The van der Waals surface area contributed by atoms with Crippen molar-refractivity contribution >= 4 is 85.1 Å². The zero-order valence-electron chi connectivity index (χ0n) is 50.1. The number of ether oxygens (including phenoxy) is 1. The van der Waals surface area contributed by atoms with Gasteiger partial charge in [-0.2, -0.15) is 0 Å². The minimum absolute atomic E-state index is 0.870. The van der Waals surface area contributed by atoms with Crippen molar-refractivity contribution in [2.24, 2.45) is 0 Å². The van der Waals surface area contributed by atoms with Crippen LogP contribution in [0.5, 0.6) is 5.75 Å². The summed E-state index contributed by atoms with van der Waals surface area (Å²) in [5.74, 6) is 0.870. The largest absolute Gasteiger partial charge is 0.497 e. The lowest BCUT2D eigenvalue weighted by Crippen LogP contribution is -1.97. The van der Waals surface area contributed by atoms with Gasteiger partial charge in [0, 0.05) is 0 Å². The first-order chi connectivity index (χ1) is 40.3. The van der Waals surface area contributed by atoms with Gasteiger partial charge in [0.15, 0.2) is 0 Å². The van der Waals surface area contributed by atoms with E-state index in [0.29, 0.717) is 0 Å². The van der Waals surface area contributed by atoms with E-state index in [0.717, 1.165) is 88.4 Å². The number of hydrogen-bond donors (Lipinski definition) is 0. The molecule has 0 aliphatic rings. The van der Waals surface area contributed by atoms with Crippen molar-refractivity contribution in [3.63, 3.8) is 0 Å². The molecule has 8 aromatic carbocycles. The Balaban J connectivity index is 0.928. The van der Waals surface area contributed by atoms with Gasteiger partial charge in [-0.1, -0.05) is 317 Å². The quantitative estimate of drug-likeness (QED) is 0.0466. The average Bonchev–Trinajstić information content (AvgIpc) is 3.69. The molecule has 0 spiro atoms. The molecule has 0 N–H and O–H groups in total. The highest BCUT2D eigenvalue weighted by Gasteiger charge is 2.11. The van der Waals surface area contributed by atoms with Crippen molar-refractivity contribution < 1.29 is 4.74 Å². The Hall–Kier alpha value is -8.26. The van der Waals surface area contributed by atoms with Crippen LogP contribution in [-0.4, -0.2) is 7.11 Å². The second kappa shape index (κ2) is 31.7. The van der Waals surface area contributed by atoms with Gasteiger partial charge in [-0.3, -0.25) is 0 Å². The lowest BCUT2D eigenvalue weighted by atomic mass is 9.92. The smallest absolute Gasteiger partial charge is 0.118 e. The lowest BCUT2D eigenvalue weighted by molar-refractivity contribution is 0.415. The standard InChI is InChI=1S/C81H86O/c1-8-17-69-56-76(70(18-9-2)55-75(69)47-39-61-23-15-14-16-24-61)49-41-64-30-32-65(33-31-64)43-51-79-59-74(22-13-6)80(60-73(79)21-12-5)52-44-67-36-34-66(35-37-67)42-50-78-58-71(19-10-3)77(57-72(78)20-11-4)48-40-63-28-25-62(26-29-63)27-38-68-45-53-81(82-7)54-46-68/h14-16,23-60H,8-13,17-22H2,1-7H3/b38-27+,47-39+,48-40+,49-41+,50-42+,51-43+,52-44+. The molecule has 416 valence electrons. The third-order valence-corrected chi connectivity index (χ3v) is 15.2. The summed E-state index contributed by atoms with van der Waals surface area (Å²) >= 11 is 0. The first-order valence-corrected chi connectivity index (χ1v) is 30.5. The second-order valence-electron chi connectivity index (χ2n) is 21.8. The SMILES string of the molecule is CCCc1cc(/C=C/c2ccc(/C=C/c3cc(CCC)c(/C=C/c4ccc(/C=C/c5cc(CCC)c(/C=C/c6ccc(/C=C/c7ccc(OC)cc7)cc6)cc5CCC)cc4)cc3CCC)cc2)c(CCC)cc1/C=C/c1ccccc1. The molecule has 0 amide bonds. The Bertz CT molecular complexity index is 3500. The van der Waals surface area contributed by atoms with Crippen molar-refractivity contribution in [2.45, 2.75) is 119 Å². The van der Waals surface area contributed by atoms with Gasteiger partial charge in [-0.15, -0.1) is 0 Å². The molecule has 8 rings (SSSR count). The highest BCUT2D eigenvalue weighted by Crippen LogP contribution is 2.29. The van der Waals surface area contributed by atoms with Gasteiger partial charge in [0.25, 0.3) is 0 Å². The highest BCUT2D eigenvalue weighted by atomic mass is 16.5. The summed E-state index contributed by atoms with van der Waals surface area (Å²) in [7, 11) is 1.70. The Morgan fingerprint density at radius 1 is 0.232 bits per heavy atom. The van der Waals surface area contributed by atoms with Crippen molar-refractivity contribution in [3.05, 3.63) is 275 Å². The fourth-order valence-electron chi connectivity index (χ4n) is 10.8. The van der Waals surface area contributed by atoms with Crippen LogP contribution in [0, 0.1) is 0 Å². The Morgan fingerprint density at radius 2 is 0.415 bits per heavy atom. The van der Waals surface area contributed by atoms with E-state index in [-0.39, 0.29) is 0 Å². The average molecular weight is 1080 g/mol. The highest BCUT2D eigenvalue weighted by molar-refractivity contribution is 5.81. The van der Waals surface area contributed by atoms with Gasteiger partial charge in [-0.25, -0.2) is 0 Å². The molecule has 0 aromatic heterocycles. The number of aryl methyl sites for hydroxylation is 6. The van der Waals surface area contributed by atoms with Crippen LogP contribution in [0.15, 0.2) is 164 Å². The fraction of sp³-hybridized carbons (Fsp3) is 0.235. The van der Waals surface area contributed by atoms with Crippen LogP contribution in [0.25, 0.3) is 85.1 Å². The zero-order valence-corrected chi connectivity index (χ0v) is 50.1. The number of rotatable bonds is 27. The zero-order chi connectivity index (χ0) is 57.3. The molecule has 0 atom stereocenters. The van der Waals surface area contributed by atoms with E-state index >= 15 is 0 Å². The van der Waals surface area contributed by atoms with E-state index in [9.17, 15) is 0 Å². The van der Waals surface area contributed by atoms with E-state index in [1.807, 2.05) is 12.1 Å². The van der Waals surface area contributed by atoms with Gasteiger partial charge < -0.3 is 4.74 Å². The summed E-state index contributed by atoms with van der Waals surface area (Å²) in [6.45, 7) is 13.7. The van der Waals surface area contributed by atoms with Crippen LogP contribution < -0.4 is 4.74 Å². The predicted molar refractivity (Wildman–Crippen MR) is 365 cm³/mol. The molecule has 0 unspecified atom stereocenters. The van der Waals surface area contributed by atoms with Crippen molar-refractivity contribution in [1.29, 1.82) is 0 Å². The van der Waals surface area contributed by atoms with Gasteiger partial charge in [0.2, 0.25) is 0 Å². The van der Waals surface area contributed by atoms with Crippen LogP contribution in [0.1, 0.15) is 191 Å². The van der Waals surface area contributed by atoms with E-state index < -0.39 is 0 Å². The van der Waals surface area contributed by atoms with Crippen molar-refractivity contribution in [1.82, 2.24) is 0 Å². The Kier molecular flexibility index (Phi) is 23.1. The van der Waals surface area contributed by atoms with Crippen molar-refractivity contribution in [3.8, 4) is 5.75 Å². The summed E-state index contributed by atoms with van der Waals surface area (Å²) in [5.41, 5.74) is 26.0. The molecule has 1 nitrogen and oxygen atoms in total. The summed E-state index contributed by atoms with van der Waals surface area (Å²) in [6.07, 6.45) is 44.8. The number of methoxy groups -OCH3 is 1.